The van der Waals surface area contributed by atoms with Gasteiger partial charge in [-0.1, -0.05) is 42.3 Å². The van der Waals surface area contributed by atoms with Crippen LogP contribution < -0.4 is 5.32 Å². The fourth-order valence-corrected chi connectivity index (χ4v) is 2.65. The van der Waals surface area contributed by atoms with E-state index >= 15 is 0 Å². The first-order valence-electron chi connectivity index (χ1n) is 7.25. The number of rotatable bonds is 7. The molecule has 1 atom stereocenters. The van der Waals surface area contributed by atoms with E-state index in [0.717, 1.165) is 41.5 Å². The number of nitrogens with one attached hydrogen (secondary N) is 1. The summed E-state index contributed by atoms with van der Waals surface area (Å²) in [6, 6.07) is 10.1. The molecule has 0 saturated carbocycles. The number of hydrogen-bond acceptors (Lipinski definition) is 2. The Hall–Kier alpha value is -1.09. The van der Waals surface area contributed by atoms with Gasteiger partial charge in [0.05, 0.1) is 5.02 Å². The average molecular weight is 323 g/mol. The van der Waals surface area contributed by atoms with Crippen LogP contribution in [0.4, 0.5) is 0 Å². The van der Waals surface area contributed by atoms with Crippen molar-refractivity contribution in [2.24, 2.45) is 0 Å². The summed E-state index contributed by atoms with van der Waals surface area (Å²) in [7, 11) is 0. The van der Waals surface area contributed by atoms with Crippen LogP contribution in [0.15, 0.2) is 42.7 Å². The number of nitrogens with zero attached hydrogens (tertiary/aromatic N) is 1. The number of benzene rings is 1. The molecule has 1 aromatic carbocycles. The molecule has 0 saturated heterocycles. The van der Waals surface area contributed by atoms with Crippen molar-refractivity contribution in [2.75, 3.05) is 13.1 Å². The van der Waals surface area contributed by atoms with Crippen LogP contribution in [0.2, 0.25) is 10.0 Å². The van der Waals surface area contributed by atoms with E-state index in [0.29, 0.717) is 5.92 Å². The molecule has 1 unspecified atom stereocenters. The van der Waals surface area contributed by atoms with Crippen LogP contribution in [-0.2, 0) is 6.42 Å². The molecule has 1 N–H and O–H groups in total. The SMILES string of the molecule is CCCNCC(Cc1ccncc1Cl)c1ccc(Cl)cc1. The Balaban J connectivity index is 2.15. The molecular weight excluding hydrogens is 303 g/mol. The highest BCUT2D eigenvalue weighted by Crippen LogP contribution is 2.25. The maximum atomic E-state index is 6.24. The third-order valence-electron chi connectivity index (χ3n) is 3.48. The summed E-state index contributed by atoms with van der Waals surface area (Å²) >= 11 is 12.2. The highest BCUT2D eigenvalue weighted by molar-refractivity contribution is 6.31. The molecule has 1 heterocycles. The summed E-state index contributed by atoms with van der Waals surface area (Å²) in [5.41, 5.74) is 2.40. The standard InChI is InChI=1S/C17H20Cl2N2/c1-2-8-20-11-15(13-3-5-16(18)6-4-13)10-14-7-9-21-12-17(14)19/h3-7,9,12,15,20H,2,8,10-11H2,1H3. The first kappa shape index (κ1) is 16.3. The van der Waals surface area contributed by atoms with Crippen LogP contribution in [0, 0.1) is 0 Å². The van der Waals surface area contributed by atoms with E-state index in [4.69, 9.17) is 23.2 Å². The van der Waals surface area contributed by atoms with E-state index in [9.17, 15) is 0 Å². The Morgan fingerprint density at radius 2 is 1.90 bits per heavy atom. The molecule has 0 aliphatic heterocycles. The lowest BCUT2D eigenvalue weighted by Gasteiger charge is -2.19. The summed E-state index contributed by atoms with van der Waals surface area (Å²) in [4.78, 5) is 4.05. The van der Waals surface area contributed by atoms with Gasteiger partial charge < -0.3 is 5.32 Å². The second-order valence-electron chi connectivity index (χ2n) is 5.12. The van der Waals surface area contributed by atoms with Crippen LogP contribution in [-0.4, -0.2) is 18.1 Å². The zero-order chi connectivity index (χ0) is 15.1. The van der Waals surface area contributed by atoms with E-state index in [1.165, 1.54) is 5.56 Å². The molecular formula is C17H20Cl2N2. The fourth-order valence-electron chi connectivity index (χ4n) is 2.33. The maximum Gasteiger partial charge on any atom is 0.0621 e. The van der Waals surface area contributed by atoms with Gasteiger partial charge in [0.2, 0.25) is 0 Å². The minimum Gasteiger partial charge on any atom is -0.316 e. The van der Waals surface area contributed by atoms with E-state index in [1.54, 1.807) is 12.4 Å². The van der Waals surface area contributed by atoms with Crippen LogP contribution >= 0.6 is 23.2 Å². The molecule has 21 heavy (non-hydrogen) atoms. The van der Waals surface area contributed by atoms with Crippen LogP contribution in [0.5, 0.6) is 0 Å². The van der Waals surface area contributed by atoms with Crippen molar-refractivity contribution < 1.29 is 0 Å². The van der Waals surface area contributed by atoms with Gasteiger partial charge >= 0.3 is 0 Å². The van der Waals surface area contributed by atoms with Crippen molar-refractivity contribution in [1.82, 2.24) is 10.3 Å². The first-order valence-corrected chi connectivity index (χ1v) is 8.01. The lowest BCUT2D eigenvalue weighted by atomic mass is 9.92. The molecule has 0 fully saturated rings. The number of pyridine rings is 1. The van der Waals surface area contributed by atoms with Crippen molar-refractivity contribution in [3.05, 3.63) is 63.9 Å². The number of hydrogen-bond donors (Lipinski definition) is 1. The highest BCUT2D eigenvalue weighted by atomic mass is 35.5. The molecule has 2 nitrogen and oxygen atoms in total. The zero-order valence-electron chi connectivity index (χ0n) is 12.2. The average Bonchev–Trinajstić information content (AvgIpc) is 2.49. The molecule has 0 spiro atoms. The molecule has 0 bridgehead atoms. The van der Waals surface area contributed by atoms with Gasteiger partial charge in [0.1, 0.15) is 0 Å². The Labute approximate surface area is 136 Å². The largest absolute Gasteiger partial charge is 0.316 e. The molecule has 2 rings (SSSR count). The Morgan fingerprint density at radius 3 is 2.57 bits per heavy atom. The maximum absolute atomic E-state index is 6.24. The van der Waals surface area contributed by atoms with Gasteiger partial charge in [0, 0.05) is 29.9 Å². The van der Waals surface area contributed by atoms with Crippen LogP contribution in [0.3, 0.4) is 0 Å². The fraction of sp³-hybridized carbons (Fsp3) is 0.353. The van der Waals surface area contributed by atoms with Gasteiger partial charge in [0.15, 0.2) is 0 Å². The minimum atomic E-state index is 0.369. The summed E-state index contributed by atoms with van der Waals surface area (Å²) < 4.78 is 0. The van der Waals surface area contributed by atoms with Crippen molar-refractivity contribution in [3.8, 4) is 0 Å². The third kappa shape index (κ3) is 4.99. The van der Waals surface area contributed by atoms with Gasteiger partial charge in [-0.25, -0.2) is 0 Å². The number of halogens is 2. The monoisotopic (exact) mass is 322 g/mol. The highest BCUT2D eigenvalue weighted by Gasteiger charge is 2.14. The predicted octanol–water partition coefficient (Wildman–Crippen LogP) is 4.71. The Morgan fingerprint density at radius 1 is 1.14 bits per heavy atom. The van der Waals surface area contributed by atoms with E-state index in [2.05, 4.69) is 29.4 Å². The van der Waals surface area contributed by atoms with E-state index < -0.39 is 0 Å². The second kappa shape index (κ2) is 8.38. The smallest absolute Gasteiger partial charge is 0.0621 e. The minimum absolute atomic E-state index is 0.369. The van der Waals surface area contributed by atoms with Gasteiger partial charge in [-0.2, -0.15) is 0 Å². The van der Waals surface area contributed by atoms with Crippen molar-refractivity contribution >= 4 is 23.2 Å². The van der Waals surface area contributed by atoms with Crippen molar-refractivity contribution in [3.63, 3.8) is 0 Å². The zero-order valence-corrected chi connectivity index (χ0v) is 13.7. The molecule has 2 aromatic rings. The van der Waals surface area contributed by atoms with Crippen molar-refractivity contribution in [2.45, 2.75) is 25.7 Å². The van der Waals surface area contributed by atoms with Gasteiger partial charge in [0.25, 0.3) is 0 Å². The lowest BCUT2D eigenvalue weighted by molar-refractivity contribution is 0.576. The quantitative estimate of drug-likeness (QED) is 0.746. The predicted molar refractivity (Wildman–Crippen MR) is 90.3 cm³/mol. The normalized spacial score (nSPS) is 12.3. The molecule has 112 valence electrons. The van der Waals surface area contributed by atoms with Crippen LogP contribution in [0.25, 0.3) is 0 Å². The Kier molecular flexibility index (Phi) is 6.50. The van der Waals surface area contributed by atoms with Gasteiger partial charge in [-0.15, -0.1) is 0 Å². The summed E-state index contributed by atoms with van der Waals surface area (Å²) in [6.45, 7) is 4.12. The summed E-state index contributed by atoms with van der Waals surface area (Å²) in [5.74, 6) is 0.369. The second-order valence-corrected chi connectivity index (χ2v) is 5.97. The molecule has 4 heteroatoms. The van der Waals surface area contributed by atoms with E-state index in [1.807, 2.05) is 18.2 Å². The molecule has 0 aliphatic rings. The summed E-state index contributed by atoms with van der Waals surface area (Å²) in [5, 5.41) is 4.99. The Bertz CT molecular complexity index is 555. The van der Waals surface area contributed by atoms with Crippen molar-refractivity contribution in [1.29, 1.82) is 0 Å². The topological polar surface area (TPSA) is 24.9 Å². The van der Waals surface area contributed by atoms with E-state index in [-0.39, 0.29) is 0 Å². The molecule has 1 aromatic heterocycles. The summed E-state index contributed by atoms with van der Waals surface area (Å²) in [6.07, 6.45) is 5.51. The van der Waals surface area contributed by atoms with Gasteiger partial charge in [-0.05, 0) is 48.7 Å². The first-order chi connectivity index (χ1) is 10.2. The molecule has 0 radical (unpaired) electrons. The molecule has 0 amide bonds. The number of aromatic nitrogens is 1. The third-order valence-corrected chi connectivity index (χ3v) is 4.07. The van der Waals surface area contributed by atoms with Gasteiger partial charge in [-0.3, -0.25) is 4.98 Å². The lowest BCUT2D eigenvalue weighted by Crippen LogP contribution is -2.23. The molecule has 0 aliphatic carbocycles. The van der Waals surface area contributed by atoms with Crippen LogP contribution in [0.1, 0.15) is 30.4 Å².